The van der Waals surface area contributed by atoms with E-state index in [1.807, 2.05) is 4.90 Å². The number of aryl methyl sites for hydroxylation is 2. The van der Waals surface area contributed by atoms with E-state index in [9.17, 15) is 9.59 Å². The largest absolute Gasteiger partial charge is 0.342 e. The molecule has 2 aliphatic heterocycles. The monoisotopic (exact) mass is 382 g/mol. The standard InChI is InChI=1S/C24H34N2O2/c1-18-8-12-26(13-9-18)24(28)21-10-14-25(15-11-21)23(27)17-19-6-7-20-4-2-3-5-22(20)16-19/h6-7,16,18,21H,2-5,8-15,17H2,1H3. The van der Waals surface area contributed by atoms with Crippen LogP contribution < -0.4 is 0 Å². The van der Waals surface area contributed by atoms with Gasteiger partial charge in [-0.1, -0.05) is 25.1 Å². The molecule has 0 spiro atoms. The van der Waals surface area contributed by atoms with E-state index < -0.39 is 0 Å². The van der Waals surface area contributed by atoms with Crippen molar-refractivity contribution in [2.75, 3.05) is 26.2 Å². The minimum Gasteiger partial charge on any atom is -0.342 e. The van der Waals surface area contributed by atoms with Crippen molar-refractivity contribution in [2.45, 2.75) is 64.7 Å². The predicted molar refractivity (Wildman–Crippen MR) is 111 cm³/mol. The molecule has 1 aliphatic carbocycles. The molecule has 4 heteroatoms. The molecule has 2 heterocycles. The lowest BCUT2D eigenvalue weighted by Crippen LogP contribution is -2.46. The highest BCUT2D eigenvalue weighted by Gasteiger charge is 2.31. The van der Waals surface area contributed by atoms with Crippen LogP contribution >= 0.6 is 0 Å². The summed E-state index contributed by atoms with van der Waals surface area (Å²) in [5.74, 6) is 1.40. The molecule has 4 rings (SSSR count). The van der Waals surface area contributed by atoms with Gasteiger partial charge in [-0.25, -0.2) is 0 Å². The summed E-state index contributed by atoms with van der Waals surface area (Å²) in [6.07, 6.45) is 9.28. The van der Waals surface area contributed by atoms with Gasteiger partial charge in [-0.2, -0.15) is 0 Å². The number of benzene rings is 1. The number of amides is 2. The van der Waals surface area contributed by atoms with E-state index in [0.29, 0.717) is 12.3 Å². The van der Waals surface area contributed by atoms with Gasteiger partial charge in [-0.3, -0.25) is 9.59 Å². The lowest BCUT2D eigenvalue weighted by molar-refractivity contribution is -0.141. The minimum atomic E-state index is 0.112. The van der Waals surface area contributed by atoms with Crippen LogP contribution in [0.2, 0.25) is 0 Å². The third kappa shape index (κ3) is 4.42. The number of likely N-dealkylation sites (tertiary alicyclic amines) is 2. The van der Waals surface area contributed by atoms with E-state index in [1.165, 1.54) is 30.4 Å². The van der Waals surface area contributed by atoms with E-state index in [1.54, 1.807) is 0 Å². The Balaban J connectivity index is 1.27. The fraction of sp³-hybridized carbons (Fsp3) is 0.667. The quantitative estimate of drug-likeness (QED) is 0.801. The highest BCUT2D eigenvalue weighted by atomic mass is 16.2. The number of piperidine rings is 2. The first-order chi connectivity index (χ1) is 13.6. The molecule has 2 amide bonds. The van der Waals surface area contributed by atoms with E-state index in [2.05, 4.69) is 30.0 Å². The van der Waals surface area contributed by atoms with Crippen LogP contribution in [0.3, 0.4) is 0 Å². The maximum absolute atomic E-state index is 12.8. The second kappa shape index (κ2) is 8.67. The topological polar surface area (TPSA) is 40.6 Å². The molecule has 0 radical (unpaired) electrons. The van der Waals surface area contributed by atoms with Gasteiger partial charge >= 0.3 is 0 Å². The smallest absolute Gasteiger partial charge is 0.226 e. The summed E-state index contributed by atoms with van der Waals surface area (Å²) in [7, 11) is 0. The van der Waals surface area contributed by atoms with Gasteiger partial charge in [-0.15, -0.1) is 0 Å². The molecule has 0 unspecified atom stereocenters. The second-order valence-electron chi connectivity index (χ2n) is 9.15. The van der Waals surface area contributed by atoms with Gasteiger partial charge in [0.05, 0.1) is 6.42 Å². The average molecular weight is 383 g/mol. The lowest BCUT2D eigenvalue weighted by atomic mass is 9.89. The summed E-state index contributed by atoms with van der Waals surface area (Å²) < 4.78 is 0. The Morgan fingerprint density at radius 2 is 1.54 bits per heavy atom. The molecule has 152 valence electrons. The molecule has 0 aromatic heterocycles. The van der Waals surface area contributed by atoms with Crippen molar-refractivity contribution in [3.8, 4) is 0 Å². The molecule has 0 saturated carbocycles. The summed E-state index contributed by atoms with van der Waals surface area (Å²) in [6, 6.07) is 6.61. The van der Waals surface area contributed by atoms with Gasteiger partial charge in [0.1, 0.15) is 0 Å². The molecular formula is C24H34N2O2. The molecule has 0 bridgehead atoms. The maximum atomic E-state index is 12.8. The van der Waals surface area contributed by atoms with E-state index >= 15 is 0 Å². The first kappa shape index (κ1) is 19.5. The highest BCUT2D eigenvalue weighted by molar-refractivity contribution is 5.81. The Labute approximate surface area is 169 Å². The molecule has 2 fully saturated rings. The normalized spacial score (nSPS) is 21.5. The molecule has 1 aromatic rings. The van der Waals surface area contributed by atoms with Gasteiger partial charge in [0, 0.05) is 32.1 Å². The van der Waals surface area contributed by atoms with Crippen LogP contribution in [-0.2, 0) is 28.9 Å². The summed E-state index contributed by atoms with van der Waals surface area (Å²) in [5.41, 5.74) is 4.05. The fourth-order valence-corrected chi connectivity index (χ4v) is 5.05. The number of rotatable bonds is 3. The van der Waals surface area contributed by atoms with Gasteiger partial charge in [0.25, 0.3) is 0 Å². The molecule has 4 nitrogen and oxygen atoms in total. The zero-order valence-corrected chi connectivity index (χ0v) is 17.3. The van der Waals surface area contributed by atoms with Crippen molar-refractivity contribution in [1.29, 1.82) is 0 Å². The van der Waals surface area contributed by atoms with Gasteiger partial charge in [-0.05, 0) is 74.0 Å². The SMILES string of the molecule is CC1CCN(C(=O)C2CCN(C(=O)Cc3ccc4c(c3)CCCC4)CC2)CC1. The van der Waals surface area contributed by atoms with Crippen molar-refractivity contribution >= 4 is 11.8 Å². The molecule has 2 saturated heterocycles. The van der Waals surface area contributed by atoms with Crippen LogP contribution in [0.15, 0.2) is 18.2 Å². The minimum absolute atomic E-state index is 0.112. The maximum Gasteiger partial charge on any atom is 0.226 e. The molecule has 0 atom stereocenters. The molecule has 28 heavy (non-hydrogen) atoms. The number of hydrogen-bond donors (Lipinski definition) is 0. The fourth-order valence-electron chi connectivity index (χ4n) is 5.05. The lowest BCUT2D eigenvalue weighted by Gasteiger charge is -2.36. The van der Waals surface area contributed by atoms with E-state index in [4.69, 9.17) is 0 Å². The summed E-state index contributed by atoms with van der Waals surface area (Å²) in [5, 5.41) is 0. The van der Waals surface area contributed by atoms with E-state index in [0.717, 1.165) is 69.8 Å². The molecular weight excluding hydrogens is 348 g/mol. The summed E-state index contributed by atoms with van der Waals surface area (Å²) >= 11 is 0. The van der Waals surface area contributed by atoms with Gasteiger partial charge in [0.2, 0.25) is 11.8 Å². The zero-order valence-electron chi connectivity index (χ0n) is 17.3. The number of fused-ring (bicyclic) bond motifs is 1. The van der Waals surface area contributed by atoms with Crippen LogP contribution in [0.5, 0.6) is 0 Å². The second-order valence-corrected chi connectivity index (χ2v) is 9.15. The highest BCUT2D eigenvalue weighted by Crippen LogP contribution is 2.25. The van der Waals surface area contributed by atoms with Crippen molar-refractivity contribution in [3.05, 3.63) is 34.9 Å². The van der Waals surface area contributed by atoms with Crippen LogP contribution in [-0.4, -0.2) is 47.8 Å². The Bertz CT molecular complexity index is 713. The number of nitrogens with zero attached hydrogens (tertiary/aromatic N) is 2. The van der Waals surface area contributed by atoms with Crippen molar-refractivity contribution < 1.29 is 9.59 Å². The summed E-state index contributed by atoms with van der Waals surface area (Å²) in [4.78, 5) is 29.6. The van der Waals surface area contributed by atoms with Crippen LogP contribution in [0.25, 0.3) is 0 Å². The zero-order chi connectivity index (χ0) is 19.5. The number of carbonyl (C=O) groups is 2. The number of carbonyl (C=O) groups excluding carboxylic acids is 2. The molecule has 0 N–H and O–H groups in total. The Morgan fingerprint density at radius 1 is 0.893 bits per heavy atom. The van der Waals surface area contributed by atoms with Gasteiger partial charge in [0.15, 0.2) is 0 Å². The Kier molecular flexibility index (Phi) is 6.03. The van der Waals surface area contributed by atoms with Crippen LogP contribution in [0, 0.1) is 11.8 Å². The van der Waals surface area contributed by atoms with Crippen molar-refractivity contribution in [1.82, 2.24) is 9.80 Å². The van der Waals surface area contributed by atoms with Gasteiger partial charge < -0.3 is 9.80 Å². The first-order valence-electron chi connectivity index (χ1n) is 11.3. The number of hydrogen-bond acceptors (Lipinski definition) is 2. The van der Waals surface area contributed by atoms with E-state index in [-0.39, 0.29) is 11.8 Å². The first-order valence-corrected chi connectivity index (χ1v) is 11.3. The van der Waals surface area contributed by atoms with Crippen molar-refractivity contribution in [3.63, 3.8) is 0 Å². The third-order valence-corrected chi connectivity index (χ3v) is 7.06. The van der Waals surface area contributed by atoms with Crippen LogP contribution in [0.1, 0.15) is 62.1 Å². The average Bonchev–Trinajstić information content (AvgIpc) is 2.74. The third-order valence-electron chi connectivity index (χ3n) is 7.06. The van der Waals surface area contributed by atoms with Crippen LogP contribution in [0.4, 0.5) is 0 Å². The predicted octanol–water partition coefficient (Wildman–Crippen LogP) is 3.61. The molecule has 1 aromatic carbocycles. The molecule has 3 aliphatic rings. The summed E-state index contributed by atoms with van der Waals surface area (Å²) in [6.45, 7) is 5.55. The Hall–Kier alpha value is -1.84. The van der Waals surface area contributed by atoms with Crippen molar-refractivity contribution in [2.24, 2.45) is 11.8 Å². The Morgan fingerprint density at radius 3 is 2.25 bits per heavy atom.